The van der Waals surface area contributed by atoms with Crippen LogP contribution in [0, 0.1) is 19.8 Å². The number of hydrogen-bond acceptors (Lipinski definition) is 5. The number of carbonyl (C=O) groups excluding carboxylic acids is 1. The summed E-state index contributed by atoms with van der Waals surface area (Å²) in [6, 6.07) is 0. The smallest absolute Gasteiger partial charge is 0.308 e. The second-order valence-corrected chi connectivity index (χ2v) is 5.93. The molecule has 8 heteroatoms. The molecule has 0 bridgehead atoms. The minimum Gasteiger partial charge on any atom is -0.481 e. The van der Waals surface area contributed by atoms with E-state index >= 15 is 0 Å². The second kappa shape index (κ2) is 5.94. The van der Waals surface area contributed by atoms with E-state index in [0.29, 0.717) is 18.7 Å². The van der Waals surface area contributed by atoms with Crippen LogP contribution in [0.2, 0.25) is 0 Å². The summed E-state index contributed by atoms with van der Waals surface area (Å²) in [5, 5.41) is 13.3. The summed E-state index contributed by atoms with van der Waals surface area (Å²) >= 11 is 0. The van der Waals surface area contributed by atoms with Crippen molar-refractivity contribution in [3.8, 4) is 0 Å². The van der Waals surface area contributed by atoms with Crippen LogP contribution in [-0.2, 0) is 16.0 Å². The van der Waals surface area contributed by atoms with Crippen LogP contribution in [0.25, 0.3) is 5.78 Å². The fourth-order valence-electron chi connectivity index (χ4n) is 3.08. The monoisotopic (exact) mass is 317 g/mol. The van der Waals surface area contributed by atoms with E-state index in [1.54, 1.807) is 9.42 Å². The van der Waals surface area contributed by atoms with E-state index < -0.39 is 11.9 Å². The number of carboxylic acid groups (broad SMARTS) is 1. The first-order valence-electron chi connectivity index (χ1n) is 7.63. The zero-order valence-corrected chi connectivity index (χ0v) is 13.2. The third-order valence-corrected chi connectivity index (χ3v) is 4.44. The number of amides is 1. The van der Waals surface area contributed by atoms with Gasteiger partial charge in [0.05, 0.1) is 12.3 Å². The predicted molar refractivity (Wildman–Crippen MR) is 80.9 cm³/mol. The van der Waals surface area contributed by atoms with Crippen LogP contribution >= 0.6 is 0 Å². The van der Waals surface area contributed by atoms with Crippen LogP contribution in [0.1, 0.15) is 29.8 Å². The number of rotatable bonds is 3. The third kappa shape index (κ3) is 2.88. The molecule has 1 aliphatic heterocycles. The highest BCUT2D eigenvalue weighted by Gasteiger charge is 2.28. The summed E-state index contributed by atoms with van der Waals surface area (Å²) in [6.07, 6.45) is 2.99. The molecule has 1 N–H and O–H groups in total. The van der Waals surface area contributed by atoms with E-state index in [2.05, 4.69) is 15.1 Å². The van der Waals surface area contributed by atoms with Gasteiger partial charge in [-0.3, -0.25) is 9.59 Å². The molecular formula is C15H19N5O3. The topological polar surface area (TPSA) is 101 Å². The van der Waals surface area contributed by atoms with Crippen molar-refractivity contribution in [1.82, 2.24) is 24.5 Å². The van der Waals surface area contributed by atoms with Gasteiger partial charge in [-0.2, -0.15) is 10.1 Å². The van der Waals surface area contributed by atoms with Gasteiger partial charge in [0.1, 0.15) is 6.33 Å². The molecule has 1 atom stereocenters. The maximum atomic E-state index is 12.6. The third-order valence-electron chi connectivity index (χ3n) is 4.44. The van der Waals surface area contributed by atoms with Gasteiger partial charge in [0.15, 0.2) is 0 Å². The Hall–Kier alpha value is -2.51. The molecule has 3 rings (SSSR count). The van der Waals surface area contributed by atoms with Crippen molar-refractivity contribution in [3.05, 3.63) is 23.3 Å². The van der Waals surface area contributed by atoms with Crippen LogP contribution in [0.5, 0.6) is 0 Å². The largest absolute Gasteiger partial charge is 0.481 e. The lowest BCUT2D eigenvalue weighted by Gasteiger charge is -2.31. The second-order valence-electron chi connectivity index (χ2n) is 5.93. The Morgan fingerprint density at radius 2 is 2.17 bits per heavy atom. The molecule has 23 heavy (non-hydrogen) atoms. The number of carboxylic acids is 1. The average Bonchev–Trinajstić information content (AvgIpc) is 2.99. The van der Waals surface area contributed by atoms with Gasteiger partial charge in [-0.1, -0.05) is 0 Å². The summed E-state index contributed by atoms with van der Waals surface area (Å²) in [4.78, 5) is 33.8. The average molecular weight is 317 g/mol. The number of aliphatic carboxylic acids is 1. The summed E-state index contributed by atoms with van der Waals surface area (Å²) in [6.45, 7) is 4.63. The number of carbonyl (C=O) groups is 2. The molecule has 0 aliphatic carbocycles. The van der Waals surface area contributed by atoms with Crippen molar-refractivity contribution in [1.29, 1.82) is 0 Å². The van der Waals surface area contributed by atoms with Crippen molar-refractivity contribution < 1.29 is 14.7 Å². The van der Waals surface area contributed by atoms with Gasteiger partial charge in [0.25, 0.3) is 5.78 Å². The molecule has 1 fully saturated rings. The Kier molecular flexibility index (Phi) is 3.97. The summed E-state index contributed by atoms with van der Waals surface area (Å²) in [5.74, 6) is -0.852. The van der Waals surface area contributed by atoms with Crippen LogP contribution in [-0.4, -0.2) is 54.6 Å². The van der Waals surface area contributed by atoms with Crippen molar-refractivity contribution in [3.63, 3.8) is 0 Å². The number of nitrogens with zero attached hydrogens (tertiary/aromatic N) is 5. The summed E-state index contributed by atoms with van der Waals surface area (Å²) in [7, 11) is 0. The quantitative estimate of drug-likeness (QED) is 0.890. The molecule has 1 amide bonds. The molecule has 8 nitrogen and oxygen atoms in total. The number of piperidine rings is 1. The minimum absolute atomic E-state index is 0.0663. The molecular weight excluding hydrogens is 298 g/mol. The van der Waals surface area contributed by atoms with Gasteiger partial charge in [-0.05, 0) is 26.7 Å². The van der Waals surface area contributed by atoms with Gasteiger partial charge in [-0.25, -0.2) is 9.50 Å². The Bertz CT molecular complexity index is 770. The predicted octanol–water partition coefficient (Wildman–Crippen LogP) is 0.607. The number of likely N-dealkylation sites (tertiary alicyclic amines) is 1. The number of aromatic nitrogens is 4. The first-order valence-corrected chi connectivity index (χ1v) is 7.63. The highest BCUT2D eigenvalue weighted by Crippen LogP contribution is 2.19. The molecule has 3 heterocycles. The van der Waals surface area contributed by atoms with Gasteiger partial charge < -0.3 is 10.0 Å². The zero-order valence-electron chi connectivity index (χ0n) is 13.2. The van der Waals surface area contributed by atoms with Crippen molar-refractivity contribution in [2.24, 2.45) is 5.92 Å². The van der Waals surface area contributed by atoms with Crippen LogP contribution < -0.4 is 0 Å². The molecule has 2 aromatic rings. The molecule has 1 unspecified atom stereocenters. The first kappa shape index (κ1) is 15.4. The lowest BCUT2D eigenvalue weighted by atomic mass is 9.97. The van der Waals surface area contributed by atoms with Crippen LogP contribution in [0.4, 0.5) is 0 Å². The SMILES string of the molecule is Cc1nc2ncnn2c(C)c1CC(=O)N1CCCC(C(=O)O)C1. The minimum atomic E-state index is -0.833. The Balaban J connectivity index is 1.81. The van der Waals surface area contributed by atoms with Gasteiger partial charge in [0, 0.05) is 30.0 Å². The van der Waals surface area contributed by atoms with Crippen molar-refractivity contribution in [2.75, 3.05) is 13.1 Å². The van der Waals surface area contributed by atoms with E-state index in [-0.39, 0.29) is 18.9 Å². The Labute approximate surface area is 133 Å². The van der Waals surface area contributed by atoms with Crippen LogP contribution in [0.3, 0.4) is 0 Å². The van der Waals surface area contributed by atoms with Crippen molar-refractivity contribution >= 4 is 17.7 Å². The van der Waals surface area contributed by atoms with Crippen molar-refractivity contribution in [2.45, 2.75) is 33.1 Å². The van der Waals surface area contributed by atoms with E-state index in [0.717, 1.165) is 23.4 Å². The van der Waals surface area contributed by atoms with Gasteiger partial charge in [-0.15, -0.1) is 0 Å². The highest BCUT2D eigenvalue weighted by atomic mass is 16.4. The van der Waals surface area contributed by atoms with Crippen LogP contribution in [0.15, 0.2) is 6.33 Å². The first-order chi connectivity index (χ1) is 11.0. The zero-order chi connectivity index (χ0) is 16.6. The lowest BCUT2D eigenvalue weighted by Crippen LogP contribution is -2.43. The standard InChI is InChI=1S/C15H19N5O3/c1-9-12(10(2)20-15(18-9)16-8-17-20)6-13(21)19-5-3-4-11(7-19)14(22)23/h8,11H,3-7H2,1-2H3,(H,22,23). The Morgan fingerprint density at radius 3 is 2.91 bits per heavy atom. The van der Waals surface area contributed by atoms with E-state index in [4.69, 9.17) is 5.11 Å². The molecule has 1 saturated heterocycles. The van der Waals surface area contributed by atoms with E-state index in [1.165, 1.54) is 6.33 Å². The molecule has 2 aromatic heterocycles. The normalized spacial score (nSPS) is 18.3. The molecule has 0 saturated carbocycles. The number of aryl methyl sites for hydroxylation is 2. The number of hydrogen-bond donors (Lipinski definition) is 1. The van der Waals surface area contributed by atoms with E-state index in [9.17, 15) is 9.59 Å². The molecule has 1 aliphatic rings. The van der Waals surface area contributed by atoms with Gasteiger partial charge >= 0.3 is 5.97 Å². The molecule has 122 valence electrons. The fraction of sp³-hybridized carbons (Fsp3) is 0.533. The maximum absolute atomic E-state index is 12.6. The molecule has 0 spiro atoms. The maximum Gasteiger partial charge on any atom is 0.308 e. The molecule has 0 radical (unpaired) electrons. The fourth-order valence-corrected chi connectivity index (χ4v) is 3.08. The Morgan fingerprint density at radius 1 is 1.39 bits per heavy atom. The van der Waals surface area contributed by atoms with E-state index in [1.807, 2.05) is 13.8 Å². The van der Waals surface area contributed by atoms with Gasteiger partial charge in [0.2, 0.25) is 5.91 Å². The highest BCUT2D eigenvalue weighted by molar-refractivity contribution is 5.80. The lowest BCUT2D eigenvalue weighted by molar-refractivity contribution is -0.145. The molecule has 0 aromatic carbocycles. The number of fused-ring (bicyclic) bond motifs is 1. The summed E-state index contributed by atoms with van der Waals surface area (Å²) < 4.78 is 1.62. The summed E-state index contributed by atoms with van der Waals surface area (Å²) in [5.41, 5.74) is 2.42.